The molecule has 0 bridgehead atoms. The topological polar surface area (TPSA) is 88.2 Å². The van der Waals surface area contributed by atoms with Crippen molar-refractivity contribution >= 4 is 24.1 Å². The van der Waals surface area contributed by atoms with Gasteiger partial charge in [0.05, 0.1) is 0 Å². The van der Waals surface area contributed by atoms with Crippen molar-refractivity contribution in [2.45, 2.75) is 12.6 Å². The smallest absolute Gasteiger partial charge is 0.254 e. The first-order valence-electron chi connectivity index (χ1n) is 7.01. The average Bonchev–Trinajstić information content (AvgIpc) is 2.55. The Morgan fingerprint density at radius 1 is 1.25 bits per heavy atom. The predicted octanol–water partition coefficient (Wildman–Crippen LogP) is 2.54. The fraction of sp³-hybridized carbons (Fsp3) is 0.176. The lowest BCUT2D eigenvalue weighted by Crippen LogP contribution is -2.30. The molecule has 0 aliphatic rings. The molecule has 5 nitrogen and oxygen atoms in total. The SMILES string of the molecule is CO[C@H](C(=O)NCc1ccc(C(=N)N)cc1)c1ccccc1F.Cl. The molecule has 0 unspecified atom stereocenters. The van der Waals surface area contributed by atoms with Gasteiger partial charge in [-0.25, -0.2) is 4.39 Å². The summed E-state index contributed by atoms with van der Waals surface area (Å²) in [4.78, 5) is 12.2. The van der Waals surface area contributed by atoms with Gasteiger partial charge < -0.3 is 15.8 Å². The second-order valence-electron chi connectivity index (χ2n) is 4.97. The molecule has 2 aromatic carbocycles. The van der Waals surface area contributed by atoms with E-state index in [1.165, 1.54) is 19.2 Å². The van der Waals surface area contributed by atoms with Crippen LogP contribution < -0.4 is 11.1 Å². The van der Waals surface area contributed by atoms with Crippen LogP contribution in [0.25, 0.3) is 0 Å². The van der Waals surface area contributed by atoms with E-state index in [2.05, 4.69) is 5.32 Å². The van der Waals surface area contributed by atoms with Gasteiger partial charge in [0, 0.05) is 24.8 Å². The van der Waals surface area contributed by atoms with E-state index in [4.69, 9.17) is 15.9 Å². The van der Waals surface area contributed by atoms with Gasteiger partial charge in [0.25, 0.3) is 5.91 Å². The minimum Gasteiger partial charge on any atom is -0.384 e. The zero-order chi connectivity index (χ0) is 16.8. The number of benzene rings is 2. The second kappa shape index (κ2) is 9.00. The Morgan fingerprint density at radius 3 is 2.42 bits per heavy atom. The molecule has 0 heterocycles. The zero-order valence-corrected chi connectivity index (χ0v) is 13.9. The summed E-state index contributed by atoms with van der Waals surface area (Å²) >= 11 is 0. The molecule has 0 aliphatic carbocycles. The van der Waals surface area contributed by atoms with Crippen molar-refractivity contribution in [3.63, 3.8) is 0 Å². The molecular formula is C17H19ClFN3O2. The molecular weight excluding hydrogens is 333 g/mol. The molecule has 0 fully saturated rings. The highest BCUT2D eigenvalue weighted by atomic mass is 35.5. The van der Waals surface area contributed by atoms with Gasteiger partial charge in [-0.15, -0.1) is 12.4 Å². The summed E-state index contributed by atoms with van der Waals surface area (Å²) in [7, 11) is 1.36. The van der Waals surface area contributed by atoms with Crippen LogP contribution in [0.5, 0.6) is 0 Å². The van der Waals surface area contributed by atoms with Gasteiger partial charge in [-0.2, -0.15) is 0 Å². The number of carbonyl (C=O) groups is 1. The zero-order valence-electron chi connectivity index (χ0n) is 13.1. The van der Waals surface area contributed by atoms with Gasteiger partial charge >= 0.3 is 0 Å². The van der Waals surface area contributed by atoms with Gasteiger partial charge in [-0.3, -0.25) is 10.2 Å². The van der Waals surface area contributed by atoms with Crippen LogP contribution in [0.2, 0.25) is 0 Å². The van der Waals surface area contributed by atoms with Crippen LogP contribution in [-0.4, -0.2) is 18.9 Å². The van der Waals surface area contributed by atoms with Crippen molar-refractivity contribution < 1.29 is 13.9 Å². The Bertz CT molecular complexity index is 707. The van der Waals surface area contributed by atoms with E-state index in [1.807, 2.05) is 0 Å². The number of ether oxygens (including phenoxy) is 1. The van der Waals surface area contributed by atoms with Crippen LogP contribution in [0.4, 0.5) is 4.39 Å². The molecule has 0 aromatic heterocycles. The normalized spacial score (nSPS) is 11.2. The van der Waals surface area contributed by atoms with E-state index in [0.29, 0.717) is 5.56 Å². The number of hydrogen-bond acceptors (Lipinski definition) is 3. The number of nitrogen functional groups attached to an aromatic ring is 1. The van der Waals surface area contributed by atoms with Crippen molar-refractivity contribution in [1.82, 2.24) is 5.32 Å². The lowest BCUT2D eigenvalue weighted by Gasteiger charge is -2.16. The molecule has 7 heteroatoms. The predicted molar refractivity (Wildman–Crippen MR) is 92.7 cm³/mol. The lowest BCUT2D eigenvalue weighted by atomic mass is 10.1. The number of nitrogens with one attached hydrogen (secondary N) is 2. The van der Waals surface area contributed by atoms with Crippen LogP contribution >= 0.6 is 12.4 Å². The van der Waals surface area contributed by atoms with E-state index in [1.54, 1.807) is 36.4 Å². The van der Waals surface area contributed by atoms with Crippen molar-refractivity contribution in [2.24, 2.45) is 5.73 Å². The maximum atomic E-state index is 13.8. The molecule has 0 spiro atoms. The summed E-state index contributed by atoms with van der Waals surface area (Å²) in [5, 5.41) is 10.0. The van der Waals surface area contributed by atoms with Gasteiger partial charge in [-0.05, 0) is 11.6 Å². The van der Waals surface area contributed by atoms with E-state index in [-0.39, 0.29) is 30.4 Å². The summed E-state index contributed by atoms with van der Waals surface area (Å²) in [6.07, 6.45) is -1.01. The Hall–Kier alpha value is -2.44. The highest BCUT2D eigenvalue weighted by molar-refractivity contribution is 5.94. The fourth-order valence-electron chi connectivity index (χ4n) is 2.15. The quantitative estimate of drug-likeness (QED) is 0.552. The molecule has 0 saturated carbocycles. The standard InChI is InChI=1S/C17H18FN3O2.ClH/c1-23-15(13-4-2-3-5-14(13)18)17(22)21-10-11-6-8-12(9-7-11)16(19)20;/h2-9,15H,10H2,1H3,(H3,19,20)(H,21,22);1H/t15-;/m0./s1. The third kappa shape index (κ3) is 4.78. The van der Waals surface area contributed by atoms with Crippen LogP contribution in [0.3, 0.4) is 0 Å². The first kappa shape index (κ1) is 19.6. The minimum absolute atomic E-state index is 0. The van der Waals surface area contributed by atoms with Crippen LogP contribution in [0.1, 0.15) is 22.8 Å². The van der Waals surface area contributed by atoms with Gasteiger partial charge in [-0.1, -0.05) is 42.5 Å². The minimum atomic E-state index is -1.01. The maximum Gasteiger partial charge on any atom is 0.254 e. The highest BCUT2D eigenvalue weighted by Gasteiger charge is 2.22. The average molecular weight is 352 g/mol. The summed E-state index contributed by atoms with van der Waals surface area (Å²) in [6, 6.07) is 12.9. The molecule has 24 heavy (non-hydrogen) atoms. The number of halogens is 2. The monoisotopic (exact) mass is 351 g/mol. The number of amidine groups is 1. The fourth-order valence-corrected chi connectivity index (χ4v) is 2.15. The number of nitrogens with two attached hydrogens (primary N) is 1. The van der Waals surface area contributed by atoms with E-state index >= 15 is 0 Å². The van der Waals surface area contributed by atoms with Crippen molar-refractivity contribution in [1.29, 1.82) is 5.41 Å². The van der Waals surface area contributed by atoms with Gasteiger partial charge in [0.1, 0.15) is 11.7 Å². The molecule has 0 radical (unpaired) electrons. The van der Waals surface area contributed by atoms with Gasteiger partial charge in [0.2, 0.25) is 0 Å². The number of hydrogen-bond donors (Lipinski definition) is 3. The maximum absolute atomic E-state index is 13.8. The first-order valence-corrected chi connectivity index (χ1v) is 7.01. The number of methoxy groups -OCH3 is 1. The summed E-state index contributed by atoms with van der Waals surface area (Å²) in [6.45, 7) is 0.269. The van der Waals surface area contributed by atoms with Crippen LogP contribution in [-0.2, 0) is 16.1 Å². The summed E-state index contributed by atoms with van der Waals surface area (Å²) < 4.78 is 18.9. The Kier molecular flexibility index (Phi) is 7.35. The Morgan fingerprint density at radius 2 is 1.88 bits per heavy atom. The third-order valence-corrected chi connectivity index (χ3v) is 3.39. The Labute approximate surface area is 145 Å². The number of carbonyl (C=O) groups excluding carboxylic acids is 1. The second-order valence-corrected chi connectivity index (χ2v) is 4.97. The van der Waals surface area contributed by atoms with Crippen molar-refractivity contribution in [2.75, 3.05) is 7.11 Å². The van der Waals surface area contributed by atoms with Crippen molar-refractivity contribution in [3.05, 3.63) is 71.0 Å². The molecule has 0 aliphatic heterocycles. The summed E-state index contributed by atoms with van der Waals surface area (Å²) in [5.41, 5.74) is 7.03. The molecule has 2 aromatic rings. The molecule has 4 N–H and O–H groups in total. The van der Waals surface area contributed by atoms with Crippen molar-refractivity contribution in [3.8, 4) is 0 Å². The Balaban J connectivity index is 0.00000288. The van der Waals surface area contributed by atoms with Gasteiger partial charge in [0.15, 0.2) is 6.10 Å². The van der Waals surface area contributed by atoms with E-state index < -0.39 is 17.8 Å². The van der Waals surface area contributed by atoms with E-state index in [0.717, 1.165) is 5.56 Å². The highest BCUT2D eigenvalue weighted by Crippen LogP contribution is 2.20. The number of rotatable bonds is 6. The molecule has 1 atom stereocenters. The lowest BCUT2D eigenvalue weighted by molar-refractivity contribution is -0.131. The van der Waals surface area contributed by atoms with E-state index in [9.17, 15) is 9.18 Å². The first-order chi connectivity index (χ1) is 11.0. The molecule has 1 amide bonds. The molecule has 128 valence electrons. The van der Waals surface area contributed by atoms with Crippen LogP contribution in [0.15, 0.2) is 48.5 Å². The summed E-state index contributed by atoms with van der Waals surface area (Å²) in [5.74, 6) is -0.923. The largest absolute Gasteiger partial charge is 0.384 e. The van der Waals surface area contributed by atoms with Crippen LogP contribution in [0, 0.1) is 11.2 Å². The molecule has 2 rings (SSSR count). The molecule has 0 saturated heterocycles. The number of amides is 1. The third-order valence-electron chi connectivity index (χ3n) is 3.39.